The van der Waals surface area contributed by atoms with Gasteiger partial charge in [-0.15, -0.1) is 0 Å². The lowest BCUT2D eigenvalue weighted by Gasteiger charge is -2.06. The number of aromatic amines is 1. The van der Waals surface area contributed by atoms with Crippen molar-refractivity contribution in [2.45, 2.75) is 0 Å². The van der Waals surface area contributed by atoms with E-state index in [9.17, 15) is 4.39 Å². The molecule has 0 aliphatic rings. The minimum Gasteiger partial charge on any atom is -0.373 e. The van der Waals surface area contributed by atoms with Crippen LogP contribution in [0.2, 0.25) is 0 Å². The number of pyridine rings is 2. The van der Waals surface area contributed by atoms with Crippen molar-refractivity contribution < 1.29 is 4.39 Å². The summed E-state index contributed by atoms with van der Waals surface area (Å²) >= 11 is 0. The Morgan fingerprint density at radius 1 is 1.00 bits per heavy atom. The van der Waals surface area contributed by atoms with Crippen LogP contribution in [0.25, 0.3) is 33.3 Å². The minimum absolute atomic E-state index is 0.273. The molecule has 4 rings (SSSR count). The molecule has 0 spiro atoms. The maximum atomic E-state index is 14.6. The third-order valence-corrected chi connectivity index (χ3v) is 4.04. The molecule has 4 nitrogen and oxygen atoms in total. The second-order valence-electron chi connectivity index (χ2n) is 5.52. The molecule has 3 heterocycles. The topological polar surface area (TPSA) is 53.6 Å². The van der Waals surface area contributed by atoms with E-state index >= 15 is 0 Å². The van der Waals surface area contributed by atoms with Crippen LogP contribution >= 0.6 is 0 Å². The van der Waals surface area contributed by atoms with Gasteiger partial charge in [-0.05, 0) is 42.0 Å². The fourth-order valence-electron chi connectivity index (χ4n) is 2.74. The first-order valence-corrected chi connectivity index (χ1v) is 7.61. The van der Waals surface area contributed by atoms with E-state index in [1.807, 2.05) is 37.4 Å². The average Bonchev–Trinajstić information content (AvgIpc) is 3.05. The van der Waals surface area contributed by atoms with Crippen molar-refractivity contribution in [1.29, 1.82) is 0 Å². The Hall–Kier alpha value is -3.21. The number of H-pyrrole nitrogens is 1. The first-order chi connectivity index (χ1) is 11.7. The molecular weight excluding hydrogens is 303 g/mol. The van der Waals surface area contributed by atoms with Crippen molar-refractivity contribution in [3.05, 3.63) is 66.9 Å². The zero-order valence-corrected chi connectivity index (χ0v) is 13.0. The van der Waals surface area contributed by atoms with Crippen molar-refractivity contribution >= 4 is 16.7 Å². The van der Waals surface area contributed by atoms with Gasteiger partial charge < -0.3 is 10.3 Å². The monoisotopic (exact) mass is 318 g/mol. The van der Waals surface area contributed by atoms with E-state index in [0.717, 1.165) is 33.5 Å². The minimum atomic E-state index is -0.273. The molecular formula is C19H15FN4. The fourth-order valence-corrected chi connectivity index (χ4v) is 2.74. The smallest absolute Gasteiger partial charge is 0.133 e. The summed E-state index contributed by atoms with van der Waals surface area (Å²) in [6.07, 6.45) is 5.19. The first-order valence-electron chi connectivity index (χ1n) is 7.61. The molecule has 0 bridgehead atoms. The Balaban J connectivity index is 1.73. The number of hydrogen-bond donors (Lipinski definition) is 2. The number of hydrogen-bond acceptors (Lipinski definition) is 3. The number of nitrogens with one attached hydrogen (secondary N) is 2. The van der Waals surface area contributed by atoms with Crippen molar-refractivity contribution in [2.24, 2.45) is 0 Å². The molecule has 118 valence electrons. The van der Waals surface area contributed by atoms with E-state index in [4.69, 9.17) is 0 Å². The molecule has 0 saturated heterocycles. The summed E-state index contributed by atoms with van der Waals surface area (Å²) in [6, 6.07) is 12.8. The third kappa shape index (κ3) is 2.50. The number of benzene rings is 1. The van der Waals surface area contributed by atoms with Crippen molar-refractivity contribution in [3.63, 3.8) is 0 Å². The van der Waals surface area contributed by atoms with Crippen LogP contribution in [0.1, 0.15) is 0 Å². The molecule has 3 aromatic heterocycles. The molecule has 0 atom stereocenters. The summed E-state index contributed by atoms with van der Waals surface area (Å²) in [6.45, 7) is 0. The fraction of sp³-hybridized carbons (Fsp3) is 0.0526. The zero-order valence-electron chi connectivity index (χ0n) is 13.0. The van der Waals surface area contributed by atoms with Crippen molar-refractivity contribution in [3.8, 4) is 22.4 Å². The van der Waals surface area contributed by atoms with Crippen LogP contribution in [0.4, 0.5) is 10.2 Å². The molecule has 4 aromatic rings. The molecule has 0 fully saturated rings. The quantitative estimate of drug-likeness (QED) is 0.586. The Morgan fingerprint density at radius 3 is 2.58 bits per heavy atom. The van der Waals surface area contributed by atoms with E-state index in [2.05, 4.69) is 20.3 Å². The van der Waals surface area contributed by atoms with Gasteiger partial charge in [-0.2, -0.15) is 0 Å². The molecule has 1 aromatic carbocycles. The summed E-state index contributed by atoms with van der Waals surface area (Å²) in [5.41, 5.74) is 3.84. The van der Waals surface area contributed by atoms with E-state index < -0.39 is 0 Å². The second-order valence-corrected chi connectivity index (χ2v) is 5.52. The second kappa shape index (κ2) is 5.77. The normalized spacial score (nSPS) is 10.9. The lowest BCUT2D eigenvalue weighted by atomic mass is 10.0. The molecule has 0 aliphatic carbocycles. The first kappa shape index (κ1) is 14.4. The summed E-state index contributed by atoms with van der Waals surface area (Å²) in [7, 11) is 1.81. The van der Waals surface area contributed by atoms with Gasteiger partial charge in [-0.25, -0.2) is 9.37 Å². The summed E-state index contributed by atoms with van der Waals surface area (Å²) in [5.74, 6) is 0.507. The van der Waals surface area contributed by atoms with Crippen LogP contribution in [0.5, 0.6) is 0 Å². The van der Waals surface area contributed by atoms with Gasteiger partial charge in [0.2, 0.25) is 0 Å². The van der Waals surface area contributed by atoms with Crippen LogP contribution in [0.15, 0.2) is 61.1 Å². The maximum Gasteiger partial charge on any atom is 0.133 e. The van der Waals surface area contributed by atoms with Gasteiger partial charge in [0.25, 0.3) is 0 Å². The molecule has 0 saturated carbocycles. The molecule has 0 amide bonds. The SMILES string of the molecule is CNc1ccc(-c2ccc(-c3cc4ccncc4[nH]3)c(F)c2)cn1. The van der Waals surface area contributed by atoms with Crippen LogP contribution < -0.4 is 5.32 Å². The Labute approximate surface area is 138 Å². The van der Waals surface area contributed by atoms with E-state index in [1.165, 1.54) is 6.07 Å². The molecule has 0 unspecified atom stereocenters. The number of rotatable bonds is 3. The van der Waals surface area contributed by atoms with Crippen LogP contribution in [0.3, 0.4) is 0 Å². The predicted octanol–water partition coefficient (Wildman–Crippen LogP) is 4.47. The third-order valence-electron chi connectivity index (χ3n) is 4.04. The van der Waals surface area contributed by atoms with Gasteiger partial charge in [0.15, 0.2) is 0 Å². The van der Waals surface area contributed by atoms with Gasteiger partial charge >= 0.3 is 0 Å². The van der Waals surface area contributed by atoms with E-state index in [1.54, 1.807) is 24.7 Å². The van der Waals surface area contributed by atoms with Crippen LogP contribution in [-0.2, 0) is 0 Å². The lowest BCUT2D eigenvalue weighted by Crippen LogP contribution is -1.92. The number of halogens is 1. The van der Waals surface area contributed by atoms with Gasteiger partial charge in [0, 0.05) is 41.6 Å². The van der Waals surface area contributed by atoms with Crippen molar-refractivity contribution in [2.75, 3.05) is 12.4 Å². The summed E-state index contributed by atoms with van der Waals surface area (Å²) < 4.78 is 14.6. The van der Waals surface area contributed by atoms with E-state index in [0.29, 0.717) is 5.56 Å². The number of aromatic nitrogens is 3. The highest BCUT2D eigenvalue weighted by Crippen LogP contribution is 2.29. The summed E-state index contributed by atoms with van der Waals surface area (Å²) in [5, 5.41) is 3.98. The highest BCUT2D eigenvalue weighted by Gasteiger charge is 2.10. The molecule has 2 N–H and O–H groups in total. The Kier molecular flexibility index (Phi) is 3.46. The number of fused-ring (bicyclic) bond motifs is 1. The van der Waals surface area contributed by atoms with E-state index in [-0.39, 0.29) is 5.82 Å². The number of anilines is 1. The van der Waals surface area contributed by atoms with Crippen LogP contribution in [-0.4, -0.2) is 22.0 Å². The summed E-state index contributed by atoms with van der Waals surface area (Å²) in [4.78, 5) is 11.5. The average molecular weight is 318 g/mol. The standard InChI is InChI=1S/C19H15FN4/c1-21-19-5-3-14(10-23-19)12-2-4-15(16(20)8-12)17-9-13-6-7-22-11-18(13)24-17/h2-11,24H,1H3,(H,21,23). The maximum absolute atomic E-state index is 14.6. The Bertz CT molecular complexity index is 972. The van der Waals surface area contributed by atoms with Gasteiger partial charge in [0.05, 0.1) is 11.7 Å². The zero-order chi connectivity index (χ0) is 16.5. The van der Waals surface area contributed by atoms with Crippen molar-refractivity contribution in [1.82, 2.24) is 15.0 Å². The molecule has 0 aliphatic heterocycles. The largest absolute Gasteiger partial charge is 0.373 e. The molecule has 5 heteroatoms. The predicted molar refractivity (Wildman–Crippen MR) is 94.3 cm³/mol. The Morgan fingerprint density at radius 2 is 1.88 bits per heavy atom. The van der Waals surface area contributed by atoms with Gasteiger partial charge in [0.1, 0.15) is 11.6 Å². The number of nitrogens with zero attached hydrogens (tertiary/aromatic N) is 2. The molecule has 24 heavy (non-hydrogen) atoms. The van der Waals surface area contributed by atoms with Gasteiger partial charge in [-0.3, -0.25) is 4.98 Å². The molecule has 0 radical (unpaired) electrons. The van der Waals surface area contributed by atoms with Crippen LogP contribution in [0, 0.1) is 5.82 Å². The highest BCUT2D eigenvalue weighted by atomic mass is 19.1. The lowest BCUT2D eigenvalue weighted by molar-refractivity contribution is 0.631. The highest BCUT2D eigenvalue weighted by molar-refractivity contribution is 5.85. The van der Waals surface area contributed by atoms with Gasteiger partial charge in [-0.1, -0.05) is 6.07 Å².